The normalized spacial score (nSPS) is 18.5. The number of nitrogens with one attached hydrogen (secondary N) is 2. The van der Waals surface area contributed by atoms with Crippen LogP contribution < -0.4 is 10.6 Å². The van der Waals surface area contributed by atoms with Crippen molar-refractivity contribution in [3.8, 4) is 0 Å². The molecule has 124 valence electrons. The van der Waals surface area contributed by atoms with Gasteiger partial charge in [-0.15, -0.1) is 0 Å². The Balaban J connectivity index is 1.98. The van der Waals surface area contributed by atoms with E-state index in [4.69, 9.17) is 9.41 Å². The summed E-state index contributed by atoms with van der Waals surface area (Å²) in [5.74, 6) is 1.88. The van der Waals surface area contributed by atoms with Crippen molar-refractivity contribution in [1.29, 1.82) is 0 Å². The average molecular weight is 306 g/mol. The minimum atomic E-state index is 0.164. The van der Waals surface area contributed by atoms with Crippen LogP contribution in [0.4, 0.5) is 0 Å². The number of hydrogen-bond donors (Lipinski definition) is 2. The quantitative estimate of drug-likeness (QED) is 0.627. The summed E-state index contributed by atoms with van der Waals surface area (Å²) < 4.78 is 5.55. The highest BCUT2D eigenvalue weighted by atomic mass is 16.3. The minimum Gasteiger partial charge on any atom is -0.468 e. The SMILES string of the molecule is CCNC(=NCC(c1ccco1)N(C)C)NC1CCCCC1. The van der Waals surface area contributed by atoms with Crippen molar-refractivity contribution in [2.24, 2.45) is 4.99 Å². The largest absolute Gasteiger partial charge is 0.468 e. The summed E-state index contributed by atoms with van der Waals surface area (Å²) in [5, 5.41) is 6.95. The Kier molecular flexibility index (Phi) is 6.77. The van der Waals surface area contributed by atoms with E-state index in [1.807, 2.05) is 12.1 Å². The van der Waals surface area contributed by atoms with E-state index in [2.05, 4.69) is 36.6 Å². The molecular weight excluding hydrogens is 276 g/mol. The number of rotatable bonds is 6. The maximum Gasteiger partial charge on any atom is 0.191 e. The summed E-state index contributed by atoms with van der Waals surface area (Å²) in [6.45, 7) is 3.67. The number of furan rings is 1. The molecule has 1 heterocycles. The Morgan fingerprint density at radius 2 is 2.14 bits per heavy atom. The lowest BCUT2D eigenvalue weighted by Gasteiger charge is -2.26. The number of nitrogens with zero attached hydrogens (tertiary/aromatic N) is 2. The van der Waals surface area contributed by atoms with Crippen LogP contribution in [0.25, 0.3) is 0 Å². The van der Waals surface area contributed by atoms with Gasteiger partial charge in [-0.05, 0) is 46.0 Å². The fourth-order valence-electron chi connectivity index (χ4n) is 2.93. The molecule has 2 N–H and O–H groups in total. The molecule has 22 heavy (non-hydrogen) atoms. The Morgan fingerprint density at radius 1 is 1.36 bits per heavy atom. The molecule has 0 spiro atoms. The van der Waals surface area contributed by atoms with E-state index < -0.39 is 0 Å². The maximum absolute atomic E-state index is 5.55. The van der Waals surface area contributed by atoms with Gasteiger partial charge in [-0.3, -0.25) is 9.89 Å². The van der Waals surface area contributed by atoms with Gasteiger partial charge in [0.1, 0.15) is 5.76 Å². The second kappa shape index (κ2) is 8.83. The van der Waals surface area contributed by atoms with E-state index in [1.165, 1.54) is 32.1 Å². The van der Waals surface area contributed by atoms with Gasteiger partial charge in [-0.1, -0.05) is 19.3 Å². The summed E-state index contributed by atoms with van der Waals surface area (Å²) >= 11 is 0. The molecule has 0 aromatic carbocycles. The van der Waals surface area contributed by atoms with E-state index >= 15 is 0 Å². The Labute approximate surface area is 134 Å². The van der Waals surface area contributed by atoms with Gasteiger partial charge in [0.25, 0.3) is 0 Å². The molecule has 1 aliphatic carbocycles. The first-order valence-corrected chi connectivity index (χ1v) is 8.45. The van der Waals surface area contributed by atoms with Crippen molar-refractivity contribution in [3.05, 3.63) is 24.2 Å². The van der Waals surface area contributed by atoms with E-state index in [1.54, 1.807) is 6.26 Å². The van der Waals surface area contributed by atoms with Crippen LogP contribution in [-0.2, 0) is 0 Å². The molecule has 0 amide bonds. The molecule has 0 aliphatic heterocycles. The van der Waals surface area contributed by atoms with Crippen LogP contribution in [0, 0.1) is 0 Å². The standard InChI is InChI=1S/C17H30N4O/c1-4-18-17(20-14-9-6-5-7-10-14)19-13-15(21(2)3)16-11-8-12-22-16/h8,11-12,14-15H,4-7,9-10,13H2,1-3H3,(H2,18,19,20). The van der Waals surface area contributed by atoms with Crippen molar-refractivity contribution in [1.82, 2.24) is 15.5 Å². The van der Waals surface area contributed by atoms with Gasteiger partial charge in [0.15, 0.2) is 5.96 Å². The lowest BCUT2D eigenvalue weighted by Crippen LogP contribution is -2.44. The van der Waals surface area contributed by atoms with Crippen molar-refractivity contribution >= 4 is 5.96 Å². The first-order valence-electron chi connectivity index (χ1n) is 8.45. The fraction of sp³-hybridized carbons (Fsp3) is 0.706. The third kappa shape index (κ3) is 5.05. The number of likely N-dealkylation sites (N-methyl/N-ethyl adjacent to an activating group) is 1. The summed E-state index contributed by atoms with van der Waals surface area (Å²) in [7, 11) is 4.12. The van der Waals surface area contributed by atoms with Crippen LogP contribution in [0.15, 0.2) is 27.8 Å². The third-order valence-electron chi connectivity index (χ3n) is 4.21. The maximum atomic E-state index is 5.55. The molecule has 0 radical (unpaired) electrons. The smallest absolute Gasteiger partial charge is 0.191 e. The molecule has 1 aliphatic rings. The first-order chi connectivity index (χ1) is 10.7. The van der Waals surface area contributed by atoms with Gasteiger partial charge in [0, 0.05) is 12.6 Å². The summed E-state index contributed by atoms with van der Waals surface area (Å²) in [6, 6.07) is 4.67. The second-order valence-corrected chi connectivity index (χ2v) is 6.19. The first kappa shape index (κ1) is 16.9. The molecule has 2 rings (SSSR count). The zero-order chi connectivity index (χ0) is 15.8. The molecule has 0 bridgehead atoms. The summed E-state index contributed by atoms with van der Waals surface area (Å²) in [5.41, 5.74) is 0. The Hall–Kier alpha value is -1.49. The molecule has 1 atom stereocenters. The topological polar surface area (TPSA) is 52.8 Å². The highest BCUT2D eigenvalue weighted by Gasteiger charge is 2.18. The van der Waals surface area contributed by atoms with Crippen molar-refractivity contribution in [2.45, 2.75) is 51.1 Å². The van der Waals surface area contributed by atoms with Crippen LogP contribution in [0.2, 0.25) is 0 Å². The summed E-state index contributed by atoms with van der Waals surface area (Å²) in [4.78, 5) is 6.92. The van der Waals surface area contributed by atoms with Crippen LogP contribution in [0.1, 0.15) is 50.8 Å². The van der Waals surface area contributed by atoms with Gasteiger partial charge in [0.05, 0.1) is 18.8 Å². The monoisotopic (exact) mass is 306 g/mol. The van der Waals surface area contributed by atoms with Gasteiger partial charge in [0.2, 0.25) is 0 Å². The predicted octanol–water partition coefficient (Wildman–Crippen LogP) is 2.77. The molecule has 1 aromatic heterocycles. The van der Waals surface area contributed by atoms with Crippen LogP contribution >= 0.6 is 0 Å². The van der Waals surface area contributed by atoms with Gasteiger partial charge < -0.3 is 15.1 Å². The minimum absolute atomic E-state index is 0.164. The van der Waals surface area contributed by atoms with Crippen molar-refractivity contribution in [2.75, 3.05) is 27.2 Å². The molecule has 1 saturated carbocycles. The zero-order valence-corrected chi connectivity index (χ0v) is 14.1. The number of guanidine groups is 1. The molecule has 1 fully saturated rings. The predicted molar refractivity (Wildman–Crippen MR) is 91.1 cm³/mol. The van der Waals surface area contributed by atoms with Gasteiger partial charge in [-0.2, -0.15) is 0 Å². The van der Waals surface area contributed by atoms with Crippen LogP contribution in [0.3, 0.4) is 0 Å². The number of hydrogen-bond acceptors (Lipinski definition) is 3. The van der Waals surface area contributed by atoms with Crippen molar-refractivity contribution < 1.29 is 4.42 Å². The van der Waals surface area contributed by atoms with Gasteiger partial charge in [-0.25, -0.2) is 0 Å². The average Bonchev–Trinajstić information content (AvgIpc) is 3.02. The van der Waals surface area contributed by atoms with Crippen molar-refractivity contribution in [3.63, 3.8) is 0 Å². The zero-order valence-electron chi connectivity index (χ0n) is 14.1. The molecule has 1 unspecified atom stereocenters. The van der Waals surface area contributed by atoms with E-state index in [9.17, 15) is 0 Å². The van der Waals surface area contributed by atoms with Gasteiger partial charge >= 0.3 is 0 Å². The molecule has 5 nitrogen and oxygen atoms in total. The highest BCUT2D eigenvalue weighted by Crippen LogP contribution is 2.19. The fourth-order valence-corrected chi connectivity index (χ4v) is 2.93. The molecule has 5 heteroatoms. The Morgan fingerprint density at radius 3 is 2.73 bits per heavy atom. The molecule has 0 saturated heterocycles. The molecule has 1 aromatic rings. The second-order valence-electron chi connectivity index (χ2n) is 6.19. The van der Waals surface area contributed by atoms with E-state index in [0.717, 1.165) is 18.3 Å². The Bertz CT molecular complexity index is 436. The van der Waals surface area contributed by atoms with Crippen LogP contribution in [-0.4, -0.2) is 44.1 Å². The van der Waals surface area contributed by atoms with E-state index in [0.29, 0.717) is 12.6 Å². The summed E-state index contributed by atoms with van der Waals surface area (Å²) in [6.07, 6.45) is 8.24. The van der Waals surface area contributed by atoms with E-state index in [-0.39, 0.29) is 6.04 Å². The lowest BCUT2D eigenvalue weighted by atomic mass is 9.96. The van der Waals surface area contributed by atoms with Crippen LogP contribution in [0.5, 0.6) is 0 Å². The molecular formula is C17H30N4O. The third-order valence-corrected chi connectivity index (χ3v) is 4.21. The highest BCUT2D eigenvalue weighted by molar-refractivity contribution is 5.80. The lowest BCUT2D eigenvalue weighted by molar-refractivity contribution is 0.264. The number of aliphatic imine (C=N–C) groups is 1.